The fourth-order valence-corrected chi connectivity index (χ4v) is 4.00. The van der Waals surface area contributed by atoms with E-state index in [2.05, 4.69) is 10.3 Å². The first-order valence-electron chi connectivity index (χ1n) is 10.2. The molecular formula is C26H17Cl2N3O2. The van der Waals surface area contributed by atoms with Gasteiger partial charge in [-0.25, -0.2) is 4.98 Å². The summed E-state index contributed by atoms with van der Waals surface area (Å²) < 4.78 is 0. The second kappa shape index (κ2) is 8.70. The fraction of sp³-hybridized carbons (Fsp3) is 0.0385. The van der Waals surface area contributed by atoms with Crippen LogP contribution in [0.5, 0.6) is 0 Å². The molecule has 162 valence electrons. The lowest BCUT2D eigenvalue weighted by atomic mass is 9.95. The van der Waals surface area contributed by atoms with Crippen molar-refractivity contribution in [3.8, 4) is 11.1 Å². The van der Waals surface area contributed by atoms with Gasteiger partial charge in [-0.15, -0.1) is 0 Å². The van der Waals surface area contributed by atoms with Crippen molar-refractivity contribution >= 4 is 62.4 Å². The molecule has 2 N–H and O–H groups in total. The fourth-order valence-electron chi connectivity index (χ4n) is 3.89. The Morgan fingerprint density at radius 3 is 2.45 bits per heavy atom. The largest absolute Gasteiger partial charge is 0.361 e. The molecule has 33 heavy (non-hydrogen) atoms. The predicted octanol–water partition coefficient (Wildman–Crippen LogP) is 6.36. The predicted molar refractivity (Wildman–Crippen MR) is 133 cm³/mol. The van der Waals surface area contributed by atoms with E-state index in [0.717, 1.165) is 21.9 Å². The third kappa shape index (κ3) is 3.97. The number of nitrogens with one attached hydrogen (secondary N) is 2. The number of para-hydroxylation sites is 3. The molecule has 0 unspecified atom stereocenters. The van der Waals surface area contributed by atoms with Crippen LogP contribution in [0.1, 0.15) is 16.1 Å². The molecule has 2 aromatic heterocycles. The lowest BCUT2D eigenvalue weighted by molar-refractivity contribution is -0.114. The van der Waals surface area contributed by atoms with Gasteiger partial charge in [-0.05, 0) is 30.3 Å². The van der Waals surface area contributed by atoms with Crippen molar-refractivity contribution in [1.29, 1.82) is 0 Å². The van der Waals surface area contributed by atoms with Gasteiger partial charge in [0, 0.05) is 39.2 Å². The minimum atomic E-state index is -1.26. The Morgan fingerprint density at radius 1 is 0.879 bits per heavy atom. The molecule has 2 heterocycles. The second-order valence-corrected chi connectivity index (χ2v) is 8.59. The van der Waals surface area contributed by atoms with Crippen molar-refractivity contribution in [2.75, 3.05) is 5.32 Å². The van der Waals surface area contributed by atoms with Crippen molar-refractivity contribution in [2.45, 2.75) is 4.84 Å². The number of alkyl halides is 2. The number of halogens is 2. The zero-order valence-electron chi connectivity index (χ0n) is 17.2. The maximum absolute atomic E-state index is 13.8. The van der Waals surface area contributed by atoms with Gasteiger partial charge in [0.1, 0.15) is 5.69 Å². The van der Waals surface area contributed by atoms with Crippen LogP contribution in [0.15, 0.2) is 85.1 Å². The summed E-state index contributed by atoms with van der Waals surface area (Å²) in [5.74, 6) is -0.931. The topological polar surface area (TPSA) is 74.8 Å². The van der Waals surface area contributed by atoms with Gasteiger partial charge in [-0.3, -0.25) is 9.59 Å². The van der Waals surface area contributed by atoms with Crippen molar-refractivity contribution in [3.63, 3.8) is 0 Å². The number of nitrogens with zero attached hydrogens (tertiary/aromatic N) is 1. The Hall–Kier alpha value is -3.67. The third-order valence-electron chi connectivity index (χ3n) is 5.45. The minimum absolute atomic E-state index is 0.286. The Bertz CT molecular complexity index is 1520. The number of hydrogen-bond donors (Lipinski definition) is 2. The molecule has 0 radical (unpaired) electrons. The van der Waals surface area contributed by atoms with Gasteiger partial charge in [0.15, 0.2) is 4.84 Å². The van der Waals surface area contributed by atoms with E-state index in [0.29, 0.717) is 22.3 Å². The van der Waals surface area contributed by atoms with Gasteiger partial charge in [0.25, 0.3) is 5.91 Å². The highest BCUT2D eigenvalue weighted by Gasteiger charge is 2.23. The molecule has 0 aliphatic heterocycles. The van der Waals surface area contributed by atoms with Gasteiger partial charge in [0.2, 0.25) is 5.78 Å². The van der Waals surface area contributed by atoms with Gasteiger partial charge in [0.05, 0.1) is 11.2 Å². The number of fused-ring (bicyclic) bond motifs is 2. The maximum Gasteiger partial charge on any atom is 0.257 e. The van der Waals surface area contributed by atoms with E-state index in [9.17, 15) is 9.59 Å². The number of aromatic nitrogens is 2. The number of carbonyl (C=O) groups excluding carboxylic acids is 2. The van der Waals surface area contributed by atoms with E-state index in [1.807, 2.05) is 60.8 Å². The SMILES string of the molecule is O=C(c1ccccc1NC(=O)C(Cl)Cl)c1nc2ccccc2cc1-c1c[nH]c2ccccc12. The van der Waals surface area contributed by atoms with Crippen molar-refractivity contribution in [2.24, 2.45) is 0 Å². The molecular weight excluding hydrogens is 457 g/mol. The average Bonchev–Trinajstić information content (AvgIpc) is 3.27. The van der Waals surface area contributed by atoms with Crippen LogP contribution >= 0.6 is 23.2 Å². The normalized spacial score (nSPS) is 11.2. The molecule has 3 aromatic carbocycles. The number of aromatic amines is 1. The van der Waals surface area contributed by atoms with Crippen molar-refractivity contribution in [3.05, 3.63) is 96.3 Å². The molecule has 5 aromatic rings. The van der Waals surface area contributed by atoms with E-state index in [-0.39, 0.29) is 11.5 Å². The number of hydrogen-bond acceptors (Lipinski definition) is 3. The summed E-state index contributed by atoms with van der Waals surface area (Å²) in [5.41, 5.74) is 4.13. The van der Waals surface area contributed by atoms with Crippen LogP contribution in [0.4, 0.5) is 5.69 Å². The van der Waals surface area contributed by atoms with E-state index >= 15 is 0 Å². The second-order valence-electron chi connectivity index (χ2n) is 7.49. The van der Waals surface area contributed by atoms with Crippen LogP contribution in [-0.4, -0.2) is 26.5 Å². The zero-order valence-corrected chi connectivity index (χ0v) is 18.7. The van der Waals surface area contributed by atoms with E-state index < -0.39 is 10.7 Å². The van der Waals surface area contributed by atoms with Gasteiger partial charge in [-0.2, -0.15) is 0 Å². The Kier molecular flexibility index (Phi) is 5.58. The molecule has 7 heteroatoms. The molecule has 0 aliphatic carbocycles. The van der Waals surface area contributed by atoms with Crippen LogP contribution in [0.2, 0.25) is 0 Å². The first kappa shape index (κ1) is 21.2. The summed E-state index contributed by atoms with van der Waals surface area (Å²) in [4.78, 5) is 32.7. The summed E-state index contributed by atoms with van der Waals surface area (Å²) in [5, 5.41) is 4.53. The molecule has 0 fully saturated rings. The number of rotatable bonds is 5. The Morgan fingerprint density at radius 2 is 1.61 bits per heavy atom. The standard InChI is InChI=1S/C26H17Cl2N3O2/c27-25(28)26(33)31-22-12-6-3-9-17(22)24(32)23-18(13-15-7-1-4-10-20(15)30-23)19-14-29-21-11-5-2-8-16(19)21/h1-14,25,29H,(H,31,33). The monoisotopic (exact) mass is 473 g/mol. The highest BCUT2D eigenvalue weighted by atomic mass is 35.5. The average molecular weight is 474 g/mol. The molecule has 0 atom stereocenters. The van der Waals surface area contributed by atoms with Crippen LogP contribution in [0.25, 0.3) is 32.9 Å². The third-order valence-corrected chi connectivity index (χ3v) is 5.84. The first-order valence-corrected chi connectivity index (χ1v) is 11.1. The number of pyridine rings is 1. The van der Waals surface area contributed by atoms with Crippen LogP contribution in [0, 0.1) is 0 Å². The lowest BCUT2D eigenvalue weighted by Crippen LogP contribution is -2.20. The van der Waals surface area contributed by atoms with Crippen LogP contribution in [0.3, 0.4) is 0 Å². The number of anilines is 1. The molecule has 1 amide bonds. The van der Waals surface area contributed by atoms with Crippen molar-refractivity contribution in [1.82, 2.24) is 9.97 Å². The molecule has 0 bridgehead atoms. The van der Waals surface area contributed by atoms with Crippen LogP contribution in [-0.2, 0) is 4.79 Å². The van der Waals surface area contributed by atoms with Gasteiger partial charge >= 0.3 is 0 Å². The summed E-state index contributed by atoms with van der Waals surface area (Å²) in [6.07, 6.45) is 1.88. The molecule has 5 rings (SSSR count). The van der Waals surface area contributed by atoms with Gasteiger partial charge < -0.3 is 10.3 Å². The highest BCUT2D eigenvalue weighted by Crippen LogP contribution is 2.34. The number of H-pyrrole nitrogens is 1. The Labute approximate surface area is 199 Å². The minimum Gasteiger partial charge on any atom is -0.361 e. The first-order chi connectivity index (χ1) is 16.0. The van der Waals surface area contributed by atoms with Crippen LogP contribution < -0.4 is 5.32 Å². The maximum atomic E-state index is 13.8. The molecule has 0 saturated heterocycles. The molecule has 5 nitrogen and oxygen atoms in total. The highest BCUT2D eigenvalue weighted by molar-refractivity contribution is 6.54. The van der Waals surface area contributed by atoms with E-state index in [1.165, 1.54) is 0 Å². The summed E-state index contributed by atoms with van der Waals surface area (Å²) >= 11 is 11.4. The number of ketones is 1. The number of benzene rings is 3. The van der Waals surface area contributed by atoms with Gasteiger partial charge in [-0.1, -0.05) is 71.7 Å². The molecule has 0 aliphatic rings. The smallest absolute Gasteiger partial charge is 0.257 e. The van der Waals surface area contributed by atoms with E-state index in [4.69, 9.17) is 28.2 Å². The number of carbonyl (C=O) groups is 2. The Balaban J connectivity index is 1.71. The summed E-state index contributed by atoms with van der Waals surface area (Å²) in [6, 6.07) is 24.2. The molecule has 0 spiro atoms. The summed E-state index contributed by atoms with van der Waals surface area (Å²) in [6.45, 7) is 0. The summed E-state index contributed by atoms with van der Waals surface area (Å²) in [7, 11) is 0. The lowest BCUT2D eigenvalue weighted by Gasteiger charge is -2.13. The van der Waals surface area contributed by atoms with E-state index in [1.54, 1.807) is 24.3 Å². The van der Waals surface area contributed by atoms with Crippen molar-refractivity contribution < 1.29 is 9.59 Å². The zero-order chi connectivity index (χ0) is 22.9. The quantitative estimate of drug-likeness (QED) is 0.230. The molecule has 0 saturated carbocycles. The number of amides is 1.